The van der Waals surface area contributed by atoms with Gasteiger partial charge in [0, 0.05) is 42.5 Å². The summed E-state index contributed by atoms with van der Waals surface area (Å²) in [4.78, 5) is 21.2. The quantitative estimate of drug-likeness (QED) is 0.694. The number of hydrogen-bond donors (Lipinski definition) is 0. The fourth-order valence-corrected chi connectivity index (χ4v) is 3.11. The van der Waals surface area contributed by atoms with Gasteiger partial charge in [0.15, 0.2) is 0 Å². The Morgan fingerprint density at radius 2 is 2.17 bits per heavy atom. The molecule has 1 saturated heterocycles. The van der Waals surface area contributed by atoms with Crippen molar-refractivity contribution in [3.63, 3.8) is 0 Å². The molecule has 5 heteroatoms. The van der Waals surface area contributed by atoms with Crippen LogP contribution in [0.5, 0.6) is 5.75 Å². The first kappa shape index (κ1) is 14.6. The van der Waals surface area contributed by atoms with Crippen molar-refractivity contribution < 1.29 is 9.53 Å². The zero-order valence-electron chi connectivity index (χ0n) is 13.1. The second kappa shape index (κ2) is 6.28. The smallest absolute Gasteiger partial charge is 0.209 e. The van der Waals surface area contributed by atoms with Gasteiger partial charge in [-0.1, -0.05) is 6.07 Å². The van der Waals surface area contributed by atoms with Crippen molar-refractivity contribution in [3.05, 3.63) is 55.0 Å². The molecule has 0 aliphatic carbocycles. The molecule has 1 atom stereocenters. The number of carbonyl (C=O) groups is 1. The molecule has 0 saturated carbocycles. The lowest BCUT2D eigenvalue weighted by Gasteiger charge is -2.15. The van der Waals surface area contributed by atoms with E-state index in [1.165, 1.54) is 0 Å². The second-order valence-corrected chi connectivity index (χ2v) is 5.91. The van der Waals surface area contributed by atoms with Crippen molar-refractivity contribution in [3.8, 4) is 16.9 Å². The van der Waals surface area contributed by atoms with Gasteiger partial charge in [-0.25, -0.2) is 0 Å². The SMILES string of the molecule is O=CN1CCC(Oc2ccc3nccc(-c4cccnc4)c3c2)C1. The number of pyridine rings is 2. The van der Waals surface area contributed by atoms with Gasteiger partial charge in [0.2, 0.25) is 6.41 Å². The van der Waals surface area contributed by atoms with E-state index in [4.69, 9.17) is 4.74 Å². The summed E-state index contributed by atoms with van der Waals surface area (Å²) in [5.74, 6) is 0.804. The minimum atomic E-state index is 0.0474. The Hall–Kier alpha value is -2.95. The van der Waals surface area contributed by atoms with Crippen molar-refractivity contribution in [2.24, 2.45) is 0 Å². The number of likely N-dealkylation sites (tertiary alicyclic amines) is 1. The number of fused-ring (bicyclic) bond motifs is 1. The number of hydrogen-bond acceptors (Lipinski definition) is 4. The molecule has 1 aromatic carbocycles. The lowest BCUT2D eigenvalue weighted by atomic mass is 10.0. The van der Waals surface area contributed by atoms with Gasteiger partial charge in [-0.05, 0) is 35.9 Å². The average molecular weight is 319 g/mol. The predicted octanol–water partition coefficient (Wildman–Crippen LogP) is 2.91. The van der Waals surface area contributed by atoms with E-state index in [1.54, 1.807) is 11.1 Å². The predicted molar refractivity (Wildman–Crippen MR) is 91.6 cm³/mol. The molecular formula is C19H17N3O2. The first-order valence-corrected chi connectivity index (χ1v) is 7.98. The highest BCUT2D eigenvalue weighted by atomic mass is 16.5. The summed E-state index contributed by atoms with van der Waals surface area (Å²) in [5, 5.41) is 1.04. The van der Waals surface area contributed by atoms with Gasteiger partial charge in [0.05, 0.1) is 12.1 Å². The molecule has 24 heavy (non-hydrogen) atoms. The van der Waals surface area contributed by atoms with Crippen LogP contribution in [0.2, 0.25) is 0 Å². The topological polar surface area (TPSA) is 55.3 Å². The monoisotopic (exact) mass is 319 g/mol. The second-order valence-electron chi connectivity index (χ2n) is 5.91. The molecule has 3 aromatic rings. The number of amides is 1. The molecule has 1 fully saturated rings. The maximum atomic E-state index is 10.8. The number of ether oxygens (including phenoxy) is 1. The van der Waals surface area contributed by atoms with E-state index in [9.17, 15) is 4.79 Å². The van der Waals surface area contributed by atoms with E-state index in [-0.39, 0.29) is 6.10 Å². The largest absolute Gasteiger partial charge is 0.488 e. The Morgan fingerprint density at radius 1 is 1.21 bits per heavy atom. The van der Waals surface area contributed by atoms with Crippen LogP contribution in [0.4, 0.5) is 0 Å². The molecular weight excluding hydrogens is 302 g/mol. The van der Waals surface area contributed by atoms with Gasteiger partial charge in [-0.3, -0.25) is 14.8 Å². The third-order valence-corrected chi connectivity index (χ3v) is 4.31. The van der Waals surface area contributed by atoms with Crippen LogP contribution < -0.4 is 4.74 Å². The molecule has 0 bridgehead atoms. The molecule has 1 amide bonds. The first-order valence-electron chi connectivity index (χ1n) is 7.98. The van der Waals surface area contributed by atoms with Gasteiger partial charge < -0.3 is 9.64 Å². The number of carbonyl (C=O) groups excluding carboxylic acids is 1. The summed E-state index contributed by atoms with van der Waals surface area (Å²) in [7, 11) is 0. The Balaban J connectivity index is 1.68. The number of nitrogens with zero attached hydrogens (tertiary/aromatic N) is 3. The summed E-state index contributed by atoms with van der Waals surface area (Å²) in [6.07, 6.45) is 7.21. The number of benzene rings is 1. The summed E-state index contributed by atoms with van der Waals surface area (Å²) < 4.78 is 6.06. The van der Waals surface area contributed by atoms with E-state index in [2.05, 4.69) is 9.97 Å². The summed E-state index contributed by atoms with van der Waals surface area (Å²) in [6.45, 7) is 1.40. The molecule has 3 heterocycles. The average Bonchev–Trinajstić information content (AvgIpc) is 3.09. The maximum Gasteiger partial charge on any atom is 0.209 e. The van der Waals surface area contributed by atoms with E-state index in [0.717, 1.165) is 47.2 Å². The molecule has 1 aliphatic heterocycles. The van der Waals surface area contributed by atoms with Gasteiger partial charge >= 0.3 is 0 Å². The molecule has 2 aromatic heterocycles. The van der Waals surface area contributed by atoms with E-state index in [0.29, 0.717) is 6.54 Å². The Kier molecular flexibility index (Phi) is 3.83. The molecule has 0 radical (unpaired) electrons. The number of rotatable bonds is 4. The molecule has 0 spiro atoms. The summed E-state index contributed by atoms with van der Waals surface area (Å²) in [5.41, 5.74) is 3.05. The third kappa shape index (κ3) is 2.80. The van der Waals surface area contributed by atoms with Crippen LogP contribution >= 0.6 is 0 Å². The first-order chi connectivity index (χ1) is 11.8. The molecule has 0 N–H and O–H groups in total. The van der Waals surface area contributed by atoms with Crippen LogP contribution in [-0.4, -0.2) is 40.5 Å². The van der Waals surface area contributed by atoms with Crippen molar-refractivity contribution in [2.75, 3.05) is 13.1 Å². The third-order valence-electron chi connectivity index (χ3n) is 4.31. The molecule has 120 valence electrons. The van der Waals surface area contributed by atoms with Crippen molar-refractivity contribution >= 4 is 17.3 Å². The normalized spacial score (nSPS) is 17.2. The van der Waals surface area contributed by atoms with E-state index < -0.39 is 0 Å². The van der Waals surface area contributed by atoms with E-state index >= 15 is 0 Å². The van der Waals surface area contributed by atoms with Gasteiger partial charge in [0.1, 0.15) is 11.9 Å². The highest BCUT2D eigenvalue weighted by molar-refractivity contribution is 5.94. The van der Waals surface area contributed by atoms with Crippen molar-refractivity contribution in [1.29, 1.82) is 0 Å². The Labute approximate surface area is 139 Å². The lowest BCUT2D eigenvalue weighted by molar-refractivity contribution is -0.117. The van der Waals surface area contributed by atoms with Gasteiger partial charge in [-0.2, -0.15) is 0 Å². The van der Waals surface area contributed by atoms with Crippen LogP contribution in [0, 0.1) is 0 Å². The Morgan fingerprint density at radius 3 is 2.96 bits per heavy atom. The summed E-state index contributed by atoms with van der Waals surface area (Å²) in [6, 6.07) is 11.9. The molecule has 4 rings (SSSR count). The standard InChI is InChI=1S/C19H17N3O2/c23-13-22-9-6-16(12-22)24-15-3-4-19-18(10-15)17(5-8-21-19)14-2-1-7-20-11-14/h1-5,7-8,10-11,13,16H,6,9,12H2. The maximum absolute atomic E-state index is 10.8. The lowest BCUT2D eigenvalue weighted by Crippen LogP contribution is -2.23. The minimum absolute atomic E-state index is 0.0474. The van der Waals surface area contributed by atoms with Crippen LogP contribution in [-0.2, 0) is 4.79 Å². The van der Waals surface area contributed by atoms with Crippen molar-refractivity contribution in [1.82, 2.24) is 14.9 Å². The fourth-order valence-electron chi connectivity index (χ4n) is 3.11. The summed E-state index contributed by atoms with van der Waals surface area (Å²) >= 11 is 0. The highest BCUT2D eigenvalue weighted by Crippen LogP contribution is 2.30. The molecule has 5 nitrogen and oxygen atoms in total. The van der Waals surface area contributed by atoms with Gasteiger partial charge in [0.25, 0.3) is 0 Å². The van der Waals surface area contributed by atoms with Crippen LogP contribution in [0.1, 0.15) is 6.42 Å². The van der Waals surface area contributed by atoms with Crippen LogP contribution in [0.3, 0.4) is 0 Å². The fraction of sp³-hybridized carbons (Fsp3) is 0.211. The zero-order chi connectivity index (χ0) is 16.4. The molecule has 1 unspecified atom stereocenters. The van der Waals surface area contributed by atoms with Crippen molar-refractivity contribution in [2.45, 2.75) is 12.5 Å². The molecule has 1 aliphatic rings. The van der Waals surface area contributed by atoms with Crippen LogP contribution in [0.25, 0.3) is 22.0 Å². The van der Waals surface area contributed by atoms with E-state index in [1.807, 2.05) is 48.8 Å². The van der Waals surface area contributed by atoms with Crippen LogP contribution in [0.15, 0.2) is 55.0 Å². The highest BCUT2D eigenvalue weighted by Gasteiger charge is 2.22. The zero-order valence-corrected chi connectivity index (χ0v) is 13.1. The minimum Gasteiger partial charge on any atom is -0.488 e. The van der Waals surface area contributed by atoms with Gasteiger partial charge in [-0.15, -0.1) is 0 Å². The Bertz CT molecular complexity index is 867. The number of aromatic nitrogens is 2.